The van der Waals surface area contributed by atoms with E-state index in [9.17, 15) is 0 Å². The summed E-state index contributed by atoms with van der Waals surface area (Å²) >= 11 is 1.84. The van der Waals surface area contributed by atoms with E-state index in [1.54, 1.807) is 12.4 Å². The number of hydrogen-bond donors (Lipinski definition) is 0. The lowest BCUT2D eigenvalue weighted by Crippen LogP contribution is -2.30. The molecule has 0 N–H and O–H groups in total. The highest BCUT2D eigenvalue weighted by atomic mass is 32.1. The number of hydrogen-bond acceptors (Lipinski definition) is 6. The van der Waals surface area contributed by atoms with E-state index in [1.165, 1.54) is 22.3 Å². The zero-order valence-electron chi connectivity index (χ0n) is 12.9. The van der Waals surface area contributed by atoms with Gasteiger partial charge in [-0.25, -0.2) is 19.9 Å². The van der Waals surface area contributed by atoms with E-state index in [-0.39, 0.29) is 0 Å². The van der Waals surface area contributed by atoms with Crippen molar-refractivity contribution < 1.29 is 0 Å². The van der Waals surface area contributed by atoms with Crippen LogP contribution in [0.15, 0.2) is 36.4 Å². The van der Waals surface area contributed by atoms with Crippen LogP contribution in [0, 0.1) is 6.92 Å². The number of aryl methyl sites for hydroxylation is 1. The average molecular weight is 323 g/mol. The van der Waals surface area contributed by atoms with Gasteiger partial charge in [0, 0.05) is 55.1 Å². The van der Waals surface area contributed by atoms with Gasteiger partial charge in [0.1, 0.15) is 6.33 Å². The van der Waals surface area contributed by atoms with E-state index in [4.69, 9.17) is 4.98 Å². The molecule has 0 unspecified atom stereocenters. The number of thiophene rings is 1. The third kappa shape index (κ3) is 3.00. The Morgan fingerprint density at radius 3 is 2.87 bits per heavy atom. The minimum Gasteiger partial charge on any atom is -0.293 e. The van der Waals surface area contributed by atoms with E-state index in [2.05, 4.69) is 38.2 Å². The molecule has 116 valence electrons. The van der Waals surface area contributed by atoms with Gasteiger partial charge >= 0.3 is 0 Å². The van der Waals surface area contributed by atoms with Gasteiger partial charge in [0.25, 0.3) is 0 Å². The molecular weight excluding hydrogens is 306 g/mol. The van der Waals surface area contributed by atoms with Crippen molar-refractivity contribution in [2.75, 3.05) is 6.54 Å². The minimum absolute atomic E-state index is 0.715. The van der Waals surface area contributed by atoms with Crippen molar-refractivity contribution in [3.05, 3.63) is 58.1 Å². The van der Waals surface area contributed by atoms with Crippen LogP contribution in [0.3, 0.4) is 0 Å². The highest BCUT2D eigenvalue weighted by molar-refractivity contribution is 7.10. The molecule has 0 spiro atoms. The van der Waals surface area contributed by atoms with Crippen LogP contribution < -0.4 is 0 Å². The molecule has 0 amide bonds. The van der Waals surface area contributed by atoms with Crippen LogP contribution in [-0.2, 0) is 19.5 Å². The molecule has 0 aliphatic carbocycles. The highest BCUT2D eigenvalue weighted by Gasteiger charge is 2.19. The molecule has 0 saturated carbocycles. The van der Waals surface area contributed by atoms with E-state index in [1.807, 2.05) is 17.5 Å². The molecule has 0 bridgehead atoms. The molecule has 4 heterocycles. The van der Waals surface area contributed by atoms with Crippen LogP contribution in [0.2, 0.25) is 0 Å². The fourth-order valence-electron chi connectivity index (χ4n) is 2.83. The Balaban J connectivity index is 1.53. The van der Waals surface area contributed by atoms with Gasteiger partial charge in [-0.05, 0) is 23.9 Å². The van der Waals surface area contributed by atoms with Gasteiger partial charge in [0.2, 0.25) is 0 Å². The second-order valence-electron chi connectivity index (χ2n) is 5.78. The summed E-state index contributed by atoms with van der Waals surface area (Å²) in [5.74, 6) is 0.715. The molecule has 1 aliphatic rings. The molecule has 0 radical (unpaired) electrons. The monoisotopic (exact) mass is 323 g/mol. The molecule has 0 fully saturated rings. The van der Waals surface area contributed by atoms with Gasteiger partial charge in [-0.1, -0.05) is 0 Å². The van der Waals surface area contributed by atoms with Gasteiger partial charge in [-0.15, -0.1) is 11.3 Å². The topological polar surface area (TPSA) is 54.8 Å². The Bertz CT molecular complexity index is 815. The van der Waals surface area contributed by atoms with Gasteiger partial charge in [-0.3, -0.25) is 4.90 Å². The molecule has 0 saturated heterocycles. The molecule has 23 heavy (non-hydrogen) atoms. The van der Waals surface area contributed by atoms with Gasteiger partial charge in [0.05, 0.1) is 11.3 Å². The summed E-state index contributed by atoms with van der Waals surface area (Å²) in [4.78, 5) is 21.2. The third-order valence-electron chi connectivity index (χ3n) is 4.17. The predicted molar refractivity (Wildman–Crippen MR) is 89.9 cm³/mol. The Kier molecular flexibility index (Phi) is 3.85. The summed E-state index contributed by atoms with van der Waals surface area (Å²) in [5, 5.41) is 2.17. The summed E-state index contributed by atoms with van der Waals surface area (Å²) in [6, 6.07) is 2.19. The van der Waals surface area contributed by atoms with Gasteiger partial charge in [-0.2, -0.15) is 0 Å². The third-order valence-corrected chi connectivity index (χ3v) is 5.17. The number of fused-ring (bicyclic) bond motifs is 1. The molecule has 1 aliphatic heterocycles. The van der Waals surface area contributed by atoms with Crippen LogP contribution in [0.25, 0.3) is 11.4 Å². The van der Waals surface area contributed by atoms with Crippen molar-refractivity contribution in [1.29, 1.82) is 0 Å². The maximum absolute atomic E-state index is 4.72. The van der Waals surface area contributed by atoms with E-state index >= 15 is 0 Å². The summed E-state index contributed by atoms with van der Waals surface area (Å²) in [6.45, 7) is 5.14. The van der Waals surface area contributed by atoms with E-state index in [0.29, 0.717) is 5.82 Å². The number of rotatable bonds is 3. The first-order valence-corrected chi connectivity index (χ1v) is 8.53. The van der Waals surface area contributed by atoms with Crippen LogP contribution in [0.1, 0.15) is 21.7 Å². The molecule has 5 nitrogen and oxygen atoms in total. The molecular formula is C17H17N5S. The number of nitrogens with zero attached hydrogens (tertiary/aromatic N) is 5. The SMILES string of the molecule is Cc1ccsc1CN1CCc2nc(-c3cncnc3)ncc2C1. The lowest BCUT2D eigenvalue weighted by atomic mass is 10.1. The van der Waals surface area contributed by atoms with E-state index in [0.717, 1.165) is 37.3 Å². The second-order valence-corrected chi connectivity index (χ2v) is 6.78. The summed E-state index contributed by atoms with van der Waals surface area (Å²) in [7, 11) is 0. The first-order chi connectivity index (χ1) is 11.3. The van der Waals surface area contributed by atoms with Gasteiger partial charge in [0.15, 0.2) is 5.82 Å². The normalized spacial score (nSPS) is 14.7. The fourth-order valence-corrected chi connectivity index (χ4v) is 3.78. The van der Waals surface area contributed by atoms with Crippen molar-refractivity contribution >= 4 is 11.3 Å². The van der Waals surface area contributed by atoms with Gasteiger partial charge < -0.3 is 0 Å². The first kappa shape index (κ1) is 14.4. The second kappa shape index (κ2) is 6.14. The van der Waals surface area contributed by atoms with Crippen molar-refractivity contribution in [2.45, 2.75) is 26.4 Å². The predicted octanol–water partition coefficient (Wildman–Crippen LogP) is 2.86. The van der Waals surface area contributed by atoms with Crippen molar-refractivity contribution in [2.24, 2.45) is 0 Å². The molecule has 6 heteroatoms. The molecule has 0 atom stereocenters. The maximum Gasteiger partial charge on any atom is 0.162 e. The van der Waals surface area contributed by atoms with Crippen molar-refractivity contribution in [1.82, 2.24) is 24.8 Å². The van der Waals surface area contributed by atoms with Crippen LogP contribution in [0.5, 0.6) is 0 Å². The smallest absolute Gasteiger partial charge is 0.162 e. The fraction of sp³-hybridized carbons (Fsp3) is 0.294. The molecule has 3 aromatic heterocycles. The summed E-state index contributed by atoms with van der Waals surface area (Å²) in [6.07, 6.45) is 7.94. The summed E-state index contributed by atoms with van der Waals surface area (Å²) in [5.41, 5.74) is 4.63. The Hall–Kier alpha value is -2.18. The Morgan fingerprint density at radius 1 is 1.22 bits per heavy atom. The van der Waals surface area contributed by atoms with E-state index < -0.39 is 0 Å². The van der Waals surface area contributed by atoms with Crippen LogP contribution in [0.4, 0.5) is 0 Å². The highest BCUT2D eigenvalue weighted by Crippen LogP contribution is 2.24. The first-order valence-electron chi connectivity index (χ1n) is 7.65. The largest absolute Gasteiger partial charge is 0.293 e. The minimum atomic E-state index is 0.715. The lowest BCUT2D eigenvalue weighted by molar-refractivity contribution is 0.244. The van der Waals surface area contributed by atoms with Crippen molar-refractivity contribution in [3.8, 4) is 11.4 Å². The quantitative estimate of drug-likeness (QED) is 0.742. The maximum atomic E-state index is 4.72. The summed E-state index contributed by atoms with van der Waals surface area (Å²) < 4.78 is 0. The Morgan fingerprint density at radius 2 is 2.09 bits per heavy atom. The Labute approximate surface area is 139 Å². The average Bonchev–Trinajstić information content (AvgIpc) is 3.00. The standard InChI is InChI=1S/C17H17N5S/c1-12-3-5-23-16(12)10-22-4-2-15-14(9-22)8-20-17(21-15)13-6-18-11-19-7-13/h3,5-8,11H,2,4,9-10H2,1H3. The molecule has 4 rings (SSSR count). The number of aromatic nitrogens is 4. The zero-order chi connectivity index (χ0) is 15.6. The van der Waals surface area contributed by atoms with Crippen molar-refractivity contribution in [3.63, 3.8) is 0 Å². The molecule has 0 aromatic carbocycles. The lowest BCUT2D eigenvalue weighted by Gasteiger charge is -2.27. The molecule has 3 aromatic rings. The zero-order valence-corrected chi connectivity index (χ0v) is 13.8. The van der Waals surface area contributed by atoms with Crippen LogP contribution in [-0.4, -0.2) is 31.4 Å². The van der Waals surface area contributed by atoms with Crippen LogP contribution >= 0.6 is 11.3 Å².